The van der Waals surface area contributed by atoms with Crippen LogP contribution in [0.3, 0.4) is 0 Å². The Balaban J connectivity index is 1.62. The van der Waals surface area contributed by atoms with Gasteiger partial charge in [-0.15, -0.1) is 0 Å². The van der Waals surface area contributed by atoms with Crippen LogP contribution in [0.25, 0.3) is 22.0 Å². The molecular weight excluding hydrogens is 330 g/mol. The van der Waals surface area contributed by atoms with Gasteiger partial charge in [-0.25, -0.2) is 0 Å². The molecule has 4 rings (SSSR count). The van der Waals surface area contributed by atoms with Gasteiger partial charge >= 0.3 is 0 Å². The summed E-state index contributed by atoms with van der Waals surface area (Å²) in [6.07, 6.45) is 3.28. The van der Waals surface area contributed by atoms with Gasteiger partial charge < -0.3 is 15.1 Å². The third-order valence-corrected chi connectivity index (χ3v) is 4.09. The maximum Gasteiger partial charge on any atom is 0.229 e. The fourth-order valence-corrected chi connectivity index (χ4v) is 2.59. The molecule has 3 heterocycles. The topological polar surface area (TPSA) is 95.8 Å². The molecule has 0 aliphatic heterocycles. The second kappa shape index (κ2) is 5.87. The summed E-state index contributed by atoms with van der Waals surface area (Å²) in [5.41, 5.74) is 3.32. The number of nitrogens with zero attached hydrogens (tertiary/aromatic N) is 2. The molecule has 0 saturated carbocycles. The second-order valence-electron chi connectivity index (χ2n) is 7.16. The average Bonchev–Trinajstić information content (AvgIpc) is 3.19. The second-order valence-corrected chi connectivity index (χ2v) is 7.16. The van der Waals surface area contributed by atoms with Gasteiger partial charge in [-0.2, -0.15) is 5.10 Å². The van der Waals surface area contributed by atoms with Gasteiger partial charge in [-0.3, -0.25) is 14.9 Å². The number of benzene rings is 1. The Morgan fingerprint density at radius 3 is 2.88 bits per heavy atom. The minimum atomic E-state index is -0.473. The van der Waals surface area contributed by atoms with Crippen molar-refractivity contribution in [1.29, 1.82) is 0 Å². The molecule has 3 aromatic heterocycles. The van der Waals surface area contributed by atoms with Crippen LogP contribution in [0.5, 0.6) is 0 Å². The number of hydrogen-bond donors (Lipinski definition) is 3. The molecule has 0 bridgehead atoms. The Morgan fingerprint density at radius 1 is 1.23 bits per heavy atom. The zero-order chi connectivity index (χ0) is 18.3. The molecular formula is C19H19N5O2. The number of H-pyrrole nitrogens is 1. The summed E-state index contributed by atoms with van der Waals surface area (Å²) < 4.78 is 5.61. The number of carbonyl (C=O) groups is 1. The smallest absolute Gasteiger partial charge is 0.229 e. The van der Waals surface area contributed by atoms with E-state index in [2.05, 4.69) is 25.8 Å². The van der Waals surface area contributed by atoms with Crippen LogP contribution in [0.1, 0.15) is 20.8 Å². The van der Waals surface area contributed by atoms with Gasteiger partial charge in [0.2, 0.25) is 5.91 Å². The number of amides is 1. The van der Waals surface area contributed by atoms with E-state index in [1.54, 1.807) is 12.5 Å². The van der Waals surface area contributed by atoms with Gasteiger partial charge in [0.15, 0.2) is 5.82 Å². The van der Waals surface area contributed by atoms with Crippen molar-refractivity contribution in [1.82, 2.24) is 15.2 Å². The van der Waals surface area contributed by atoms with Crippen molar-refractivity contribution in [2.24, 2.45) is 5.41 Å². The van der Waals surface area contributed by atoms with Gasteiger partial charge in [0.25, 0.3) is 0 Å². The number of hydrogen-bond acceptors (Lipinski definition) is 5. The normalized spacial score (nSPS) is 11.8. The summed E-state index contributed by atoms with van der Waals surface area (Å²) in [6.45, 7) is 5.61. The fourth-order valence-electron chi connectivity index (χ4n) is 2.59. The number of aromatic nitrogens is 3. The molecule has 132 valence electrons. The summed E-state index contributed by atoms with van der Waals surface area (Å²) in [7, 11) is 0. The van der Waals surface area contributed by atoms with Gasteiger partial charge in [-0.1, -0.05) is 20.8 Å². The van der Waals surface area contributed by atoms with Crippen molar-refractivity contribution in [2.45, 2.75) is 20.8 Å². The van der Waals surface area contributed by atoms with Crippen molar-refractivity contribution >= 4 is 45.1 Å². The molecule has 4 aromatic rings. The first-order valence-corrected chi connectivity index (χ1v) is 8.31. The minimum Gasteiger partial charge on any atom is -0.462 e. The summed E-state index contributed by atoms with van der Waals surface area (Å²) in [5, 5.41) is 14.2. The molecule has 1 amide bonds. The van der Waals surface area contributed by atoms with Gasteiger partial charge in [-0.05, 0) is 24.3 Å². The zero-order valence-corrected chi connectivity index (χ0v) is 14.8. The van der Waals surface area contributed by atoms with E-state index in [4.69, 9.17) is 4.42 Å². The SMILES string of the molecule is CC(C)(C)C(=O)Nc1coc2cc(Nc3n[nH]c4cccnc34)ccc12. The van der Waals surface area contributed by atoms with E-state index in [1.165, 1.54) is 0 Å². The molecule has 7 heteroatoms. The van der Waals surface area contributed by atoms with Crippen LogP contribution in [0.4, 0.5) is 17.2 Å². The molecule has 0 saturated heterocycles. The Hall–Kier alpha value is -3.35. The molecule has 0 aliphatic carbocycles. The van der Waals surface area contributed by atoms with Crippen molar-refractivity contribution in [3.8, 4) is 0 Å². The molecule has 0 radical (unpaired) electrons. The van der Waals surface area contributed by atoms with E-state index in [-0.39, 0.29) is 5.91 Å². The summed E-state index contributed by atoms with van der Waals surface area (Å²) in [6, 6.07) is 9.45. The lowest BCUT2D eigenvalue weighted by Crippen LogP contribution is -2.27. The first-order chi connectivity index (χ1) is 12.4. The van der Waals surface area contributed by atoms with Crippen LogP contribution in [0.15, 0.2) is 47.2 Å². The zero-order valence-electron chi connectivity index (χ0n) is 14.8. The monoisotopic (exact) mass is 349 g/mol. The summed E-state index contributed by atoms with van der Waals surface area (Å²) in [4.78, 5) is 16.5. The lowest BCUT2D eigenvalue weighted by Gasteiger charge is -2.16. The van der Waals surface area contributed by atoms with Crippen LogP contribution in [0, 0.1) is 5.41 Å². The molecule has 0 atom stereocenters. The van der Waals surface area contributed by atoms with Crippen molar-refractivity contribution in [3.05, 3.63) is 42.8 Å². The summed E-state index contributed by atoms with van der Waals surface area (Å²) in [5.74, 6) is 0.587. The Labute approximate surface area is 149 Å². The molecule has 1 aromatic carbocycles. The molecule has 26 heavy (non-hydrogen) atoms. The van der Waals surface area contributed by atoms with Gasteiger partial charge in [0.1, 0.15) is 17.4 Å². The fraction of sp³-hybridized carbons (Fsp3) is 0.211. The maximum absolute atomic E-state index is 12.2. The average molecular weight is 349 g/mol. The molecule has 0 unspecified atom stereocenters. The first-order valence-electron chi connectivity index (χ1n) is 8.31. The van der Waals surface area contributed by atoms with E-state index < -0.39 is 5.41 Å². The Morgan fingerprint density at radius 2 is 2.08 bits per heavy atom. The van der Waals surface area contributed by atoms with Crippen LogP contribution < -0.4 is 10.6 Å². The highest BCUT2D eigenvalue weighted by atomic mass is 16.3. The Kier molecular flexibility index (Phi) is 3.64. The molecule has 3 N–H and O–H groups in total. The highest BCUT2D eigenvalue weighted by Crippen LogP contribution is 2.31. The third-order valence-electron chi connectivity index (χ3n) is 4.09. The van der Waals surface area contributed by atoms with E-state index in [0.29, 0.717) is 17.1 Å². The Bertz CT molecular complexity index is 1100. The number of furan rings is 1. The predicted octanol–water partition coefficient (Wildman–Crippen LogP) is 4.43. The standard InChI is InChI=1S/C19H19N5O2/c1-19(2,3)18(25)22-14-10-26-15-9-11(6-7-12(14)15)21-17-16-13(23-24-17)5-4-8-20-16/h4-10H,1-3H3,(H,22,25)(H2,21,23,24). The van der Waals surface area contributed by atoms with Crippen molar-refractivity contribution < 1.29 is 9.21 Å². The number of aromatic amines is 1. The quantitative estimate of drug-likeness (QED) is 0.508. The highest BCUT2D eigenvalue weighted by molar-refractivity contribution is 6.03. The molecule has 0 fully saturated rings. The van der Waals surface area contributed by atoms with Crippen LogP contribution in [-0.2, 0) is 4.79 Å². The first kappa shape index (κ1) is 16.1. The number of fused-ring (bicyclic) bond motifs is 2. The van der Waals surface area contributed by atoms with Crippen LogP contribution in [-0.4, -0.2) is 21.1 Å². The van der Waals surface area contributed by atoms with E-state index >= 15 is 0 Å². The lowest BCUT2D eigenvalue weighted by atomic mass is 9.95. The van der Waals surface area contributed by atoms with Gasteiger partial charge in [0, 0.05) is 28.8 Å². The third kappa shape index (κ3) is 2.88. The lowest BCUT2D eigenvalue weighted by molar-refractivity contribution is -0.123. The van der Waals surface area contributed by atoms with E-state index in [0.717, 1.165) is 22.1 Å². The number of pyridine rings is 1. The maximum atomic E-state index is 12.2. The van der Waals surface area contributed by atoms with Crippen LogP contribution in [0.2, 0.25) is 0 Å². The molecule has 0 aliphatic rings. The van der Waals surface area contributed by atoms with Crippen LogP contribution >= 0.6 is 0 Å². The predicted molar refractivity (Wildman–Crippen MR) is 101 cm³/mol. The molecule has 7 nitrogen and oxygen atoms in total. The molecule has 0 spiro atoms. The van der Waals surface area contributed by atoms with Crippen molar-refractivity contribution in [2.75, 3.05) is 10.6 Å². The van der Waals surface area contributed by atoms with E-state index in [9.17, 15) is 4.79 Å². The number of anilines is 3. The number of carbonyl (C=O) groups excluding carboxylic acids is 1. The minimum absolute atomic E-state index is 0.0588. The number of rotatable bonds is 3. The highest BCUT2D eigenvalue weighted by Gasteiger charge is 2.22. The van der Waals surface area contributed by atoms with Gasteiger partial charge in [0.05, 0.1) is 11.2 Å². The number of nitrogens with one attached hydrogen (secondary N) is 3. The van der Waals surface area contributed by atoms with E-state index in [1.807, 2.05) is 51.1 Å². The largest absolute Gasteiger partial charge is 0.462 e. The summed E-state index contributed by atoms with van der Waals surface area (Å²) >= 11 is 0. The van der Waals surface area contributed by atoms with Crippen molar-refractivity contribution in [3.63, 3.8) is 0 Å².